The van der Waals surface area contributed by atoms with Crippen molar-refractivity contribution in [2.24, 2.45) is 0 Å². The highest BCUT2D eigenvalue weighted by Crippen LogP contribution is 2.40. The van der Waals surface area contributed by atoms with Gasteiger partial charge in [0.15, 0.2) is 0 Å². The maximum Gasteiger partial charge on any atom is 0.251 e. The normalized spacial score (nSPS) is 26.1. The van der Waals surface area contributed by atoms with Gasteiger partial charge in [-0.1, -0.05) is 11.6 Å². The Hall–Kier alpha value is -2.08. The van der Waals surface area contributed by atoms with Crippen LogP contribution in [0.4, 0.5) is 0 Å². The van der Waals surface area contributed by atoms with Crippen molar-refractivity contribution in [3.8, 4) is 0 Å². The van der Waals surface area contributed by atoms with Gasteiger partial charge in [-0.2, -0.15) is 0 Å². The minimum absolute atomic E-state index is 0.00237. The lowest BCUT2D eigenvalue weighted by Gasteiger charge is -2.48. The van der Waals surface area contributed by atoms with Crippen LogP contribution in [-0.2, 0) is 20.7 Å². The number of nitrogens with zero attached hydrogens (tertiary/aromatic N) is 2. The van der Waals surface area contributed by atoms with Gasteiger partial charge in [0.05, 0.1) is 12.5 Å². The van der Waals surface area contributed by atoms with E-state index >= 15 is 0 Å². The van der Waals surface area contributed by atoms with Crippen molar-refractivity contribution in [2.75, 3.05) is 20.4 Å². The maximum absolute atomic E-state index is 13.4. The number of carbonyl (C=O) groups is 2. The smallest absolute Gasteiger partial charge is 0.251 e. The molecule has 3 rings (SSSR count). The largest absolute Gasteiger partial charge is 0.472 e. The Labute approximate surface area is 148 Å². The van der Waals surface area contributed by atoms with E-state index in [1.165, 1.54) is 0 Å². The number of ether oxygens (including phenoxy) is 1. The molecule has 2 fully saturated rings. The van der Waals surface area contributed by atoms with Gasteiger partial charge in [0, 0.05) is 20.1 Å². The van der Waals surface area contributed by atoms with E-state index in [2.05, 4.69) is 6.08 Å². The molecule has 2 amide bonds. The number of hydrogen-bond acceptors (Lipinski definition) is 4. The standard InChI is InChI=1S/C19H26N2O4/c1-14(2)5-8-19-7-4-9-21(19)17(22)16(11-15-6-10-25-12-15)20(13-24-3)18(19)23/h5-6,10,12,16H,4,7-9,11,13H2,1-3H3/t16-,19+/m0/s1. The summed E-state index contributed by atoms with van der Waals surface area (Å²) >= 11 is 0. The summed E-state index contributed by atoms with van der Waals surface area (Å²) in [5.74, 6) is 0.00921. The van der Waals surface area contributed by atoms with E-state index in [1.54, 1.807) is 24.5 Å². The van der Waals surface area contributed by atoms with Crippen LogP contribution < -0.4 is 0 Å². The van der Waals surface area contributed by atoms with Crippen LogP contribution in [-0.4, -0.2) is 53.6 Å². The van der Waals surface area contributed by atoms with Crippen LogP contribution in [0.25, 0.3) is 0 Å². The quantitative estimate of drug-likeness (QED) is 0.742. The summed E-state index contributed by atoms with van der Waals surface area (Å²) in [6.07, 6.45) is 7.84. The number of amides is 2. The van der Waals surface area contributed by atoms with E-state index in [9.17, 15) is 9.59 Å². The van der Waals surface area contributed by atoms with Gasteiger partial charge < -0.3 is 19.0 Å². The summed E-state index contributed by atoms with van der Waals surface area (Å²) in [7, 11) is 1.55. The molecule has 1 aromatic rings. The third kappa shape index (κ3) is 3.11. The first-order chi connectivity index (χ1) is 12.0. The fraction of sp³-hybridized carbons (Fsp3) is 0.579. The van der Waals surface area contributed by atoms with Crippen molar-refractivity contribution in [2.45, 2.75) is 51.1 Å². The van der Waals surface area contributed by atoms with E-state index in [1.807, 2.05) is 24.8 Å². The number of furan rings is 1. The van der Waals surface area contributed by atoms with Gasteiger partial charge in [0.25, 0.3) is 5.91 Å². The third-order valence-electron chi connectivity index (χ3n) is 5.20. The van der Waals surface area contributed by atoms with Gasteiger partial charge in [-0.25, -0.2) is 0 Å². The molecule has 6 nitrogen and oxygen atoms in total. The molecule has 2 aliphatic rings. The van der Waals surface area contributed by atoms with Crippen LogP contribution >= 0.6 is 0 Å². The summed E-state index contributed by atoms with van der Waals surface area (Å²) in [5.41, 5.74) is 1.31. The van der Waals surface area contributed by atoms with Crippen molar-refractivity contribution < 1.29 is 18.7 Å². The Bertz CT molecular complexity index is 663. The van der Waals surface area contributed by atoms with Crippen molar-refractivity contribution in [1.29, 1.82) is 0 Å². The average molecular weight is 346 g/mol. The SMILES string of the molecule is COCN1C(=O)[C@]2(CC=C(C)C)CCCN2C(=O)[C@@H]1Cc1ccoc1. The lowest BCUT2D eigenvalue weighted by Crippen LogP contribution is -2.69. The predicted octanol–water partition coefficient (Wildman–Crippen LogP) is 2.35. The zero-order chi connectivity index (χ0) is 18.0. The second-order valence-corrected chi connectivity index (χ2v) is 7.15. The maximum atomic E-state index is 13.4. The lowest BCUT2D eigenvalue weighted by atomic mass is 9.85. The first kappa shape index (κ1) is 17.7. The van der Waals surface area contributed by atoms with E-state index in [0.29, 0.717) is 25.8 Å². The minimum atomic E-state index is -0.750. The molecule has 0 unspecified atom stereocenters. The van der Waals surface area contributed by atoms with Crippen molar-refractivity contribution >= 4 is 11.8 Å². The van der Waals surface area contributed by atoms with Crippen molar-refractivity contribution in [3.05, 3.63) is 35.8 Å². The average Bonchev–Trinajstić information content (AvgIpc) is 3.24. The molecule has 25 heavy (non-hydrogen) atoms. The summed E-state index contributed by atoms with van der Waals surface area (Å²) in [5, 5.41) is 0. The Morgan fingerprint density at radius 1 is 1.44 bits per heavy atom. The lowest BCUT2D eigenvalue weighted by molar-refractivity contribution is -0.173. The molecule has 0 aromatic carbocycles. The number of allylic oxidation sites excluding steroid dienone is 1. The molecule has 2 saturated heterocycles. The first-order valence-corrected chi connectivity index (χ1v) is 8.75. The number of rotatable bonds is 6. The van der Waals surface area contributed by atoms with E-state index in [4.69, 9.17) is 9.15 Å². The molecule has 0 spiro atoms. The van der Waals surface area contributed by atoms with Gasteiger partial charge in [-0.15, -0.1) is 0 Å². The summed E-state index contributed by atoms with van der Waals surface area (Å²) in [6, 6.07) is 1.29. The molecule has 2 atom stereocenters. The molecule has 1 aromatic heterocycles. The van der Waals surface area contributed by atoms with Crippen LogP contribution in [0.2, 0.25) is 0 Å². The molecular formula is C19H26N2O4. The van der Waals surface area contributed by atoms with Gasteiger partial charge in [0.2, 0.25) is 5.91 Å². The second-order valence-electron chi connectivity index (χ2n) is 7.15. The number of hydrogen-bond donors (Lipinski definition) is 0. The molecule has 0 radical (unpaired) electrons. The number of piperazine rings is 1. The number of methoxy groups -OCH3 is 1. The highest BCUT2D eigenvalue weighted by atomic mass is 16.5. The zero-order valence-electron chi connectivity index (χ0n) is 15.2. The molecule has 0 N–H and O–H groups in total. The fourth-order valence-corrected chi connectivity index (χ4v) is 3.93. The van der Waals surface area contributed by atoms with Crippen LogP contribution in [0, 0.1) is 0 Å². The van der Waals surface area contributed by atoms with Crippen molar-refractivity contribution in [1.82, 2.24) is 9.80 Å². The van der Waals surface area contributed by atoms with Crippen molar-refractivity contribution in [3.63, 3.8) is 0 Å². The van der Waals surface area contributed by atoms with Gasteiger partial charge in [0.1, 0.15) is 18.3 Å². The molecule has 2 aliphatic heterocycles. The third-order valence-corrected chi connectivity index (χ3v) is 5.20. The van der Waals surface area contributed by atoms with E-state index in [-0.39, 0.29) is 18.5 Å². The highest BCUT2D eigenvalue weighted by Gasteiger charge is 2.57. The molecule has 0 aliphatic carbocycles. The van der Waals surface area contributed by atoms with E-state index < -0.39 is 11.6 Å². The van der Waals surface area contributed by atoms with Gasteiger partial charge in [-0.3, -0.25) is 9.59 Å². The van der Waals surface area contributed by atoms with Crippen LogP contribution in [0.1, 0.15) is 38.7 Å². The minimum Gasteiger partial charge on any atom is -0.472 e. The van der Waals surface area contributed by atoms with Crippen LogP contribution in [0.15, 0.2) is 34.7 Å². The second kappa shape index (κ2) is 7.04. The molecule has 0 saturated carbocycles. The highest BCUT2D eigenvalue weighted by molar-refractivity contribution is 6.00. The van der Waals surface area contributed by atoms with Gasteiger partial charge >= 0.3 is 0 Å². The zero-order valence-corrected chi connectivity index (χ0v) is 15.2. The van der Waals surface area contributed by atoms with E-state index in [0.717, 1.165) is 17.6 Å². The summed E-state index contributed by atoms with van der Waals surface area (Å²) in [6.45, 7) is 4.79. The summed E-state index contributed by atoms with van der Waals surface area (Å²) in [4.78, 5) is 30.1. The van der Waals surface area contributed by atoms with Gasteiger partial charge in [-0.05, 0) is 44.7 Å². The molecule has 6 heteroatoms. The molecule has 136 valence electrons. The topological polar surface area (TPSA) is 63.0 Å². The molecule has 3 heterocycles. The molecular weight excluding hydrogens is 320 g/mol. The Morgan fingerprint density at radius 2 is 2.24 bits per heavy atom. The Kier molecular flexibility index (Phi) is 4.99. The molecule has 0 bridgehead atoms. The van der Waals surface area contributed by atoms with Crippen LogP contribution in [0.5, 0.6) is 0 Å². The number of fused-ring (bicyclic) bond motifs is 1. The first-order valence-electron chi connectivity index (χ1n) is 8.75. The Balaban J connectivity index is 1.95. The number of carbonyl (C=O) groups excluding carboxylic acids is 2. The fourth-order valence-electron chi connectivity index (χ4n) is 3.93. The Morgan fingerprint density at radius 3 is 2.88 bits per heavy atom. The summed E-state index contributed by atoms with van der Waals surface area (Å²) < 4.78 is 10.4. The van der Waals surface area contributed by atoms with Crippen LogP contribution in [0.3, 0.4) is 0 Å². The monoisotopic (exact) mass is 346 g/mol. The predicted molar refractivity (Wildman–Crippen MR) is 92.6 cm³/mol.